The summed E-state index contributed by atoms with van der Waals surface area (Å²) in [5, 5.41) is 0.820. The zero-order valence-electron chi connectivity index (χ0n) is 10.7. The zero-order valence-corrected chi connectivity index (χ0v) is 13.0. The van der Waals surface area contributed by atoms with Gasteiger partial charge in [0.25, 0.3) is 5.56 Å². The van der Waals surface area contributed by atoms with Crippen LogP contribution in [0, 0.1) is 5.82 Å². The van der Waals surface area contributed by atoms with E-state index in [0.717, 1.165) is 4.47 Å². The van der Waals surface area contributed by atoms with Crippen molar-refractivity contribution in [2.24, 2.45) is 0 Å². The van der Waals surface area contributed by atoms with E-state index in [2.05, 4.69) is 20.9 Å². The molecule has 0 aliphatic rings. The second-order valence-electron chi connectivity index (χ2n) is 4.57. The van der Waals surface area contributed by atoms with Gasteiger partial charge in [0.05, 0.1) is 23.8 Å². The molecule has 21 heavy (non-hydrogen) atoms. The molecular formula is C15H9BrClFN2O. The molecule has 3 aromatic rings. The third-order valence-electron chi connectivity index (χ3n) is 3.14. The topological polar surface area (TPSA) is 34.9 Å². The van der Waals surface area contributed by atoms with E-state index in [1.54, 1.807) is 30.3 Å². The molecule has 0 atom stereocenters. The van der Waals surface area contributed by atoms with E-state index in [4.69, 9.17) is 11.6 Å². The largest absolute Gasteiger partial charge is 0.294 e. The summed E-state index contributed by atoms with van der Waals surface area (Å²) >= 11 is 9.05. The molecule has 0 bridgehead atoms. The molecule has 0 fully saturated rings. The second-order valence-corrected chi connectivity index (χ2v) is 5.93. The Bertz CT molecular complexity index is 894. The first kappa shape index (κ1) is 14.2. The normalized spacial score (nSPS) is 11.0. The first-order chi connectivity index (χ1) is 10.0. The van der Waals surface area contributed by atoms with E-state index < -0.39 is 5.82 Å². The highest BCUT2D eigenvalue weighted by atomic mass is 79.9. The fraction of sp³-hybridized carbons (Fsp3) is 0.0667. The molecule has 0 spiro atoms. The average molecular weight is 368 g/mol. The van der Waals surface area contributed by atoms with Crippen LogP contribution in [0.5, 0.6) is 0 Å². The van der Waals surface area contributed by atoms with Crippen molar-refractivity contribution >= 4 is 38.4 Å². The van der Waals surface area contributed by atoms with Crippen molar-refractivity contribution in [1.82, 2.24) is 9.55 Å². The maximum atomic E-state index is 13.8. The molecule has 2 aromatic carbocycles. The van der Waals surface area contributed by atoms with Gasteiger partial charge in [-0.05, 0) is 30.3 Å². The molecule has 3 nitrogen and oxygen atoms in total. The highest BCUT2D eigenvalue weighted by Crippen LogP contribution is 2.17. The van der Waals surface area contributed by atoms with E-state index in [-0.39, 0.29) is 12.1 Å². The molecule has 0 saturated carbocycles. The number of hydrogen-bond donors (Lipinski definition) is 0. The lowest BCUT2D eigenvalue weighted by molar-refractivity contribution is 0.595. The Morgan fingerprint density at radius 2 is 2.05 bits per heavy atom. The fourth-order valence-electron chi connectivity index (χ4n) is 2.08. The molecule has 6 heteroatoms. The molecule has 0 amide bonds. The third kappa shape index (κ3) is 2.84. The van der Waals surface area contributed by atoms with Crippen LogP contribution >= 0.6 is 27.5 Å². The number of halogens is 3. The van der Waals surface area contributed by atoms with Crippen LogP contribution in [0.4, 0.5) is 4.39 Å². The number of hydrogen-bond acceptors (Lipinski definition) is 2. The van der Waals surface area contributed by atoms with E-state index in [1.807, 2.05) is 0 Å². The summed E-state index contributed by atoms with van der Waals surface area (Å²) < 4.78 is 16.0. The Labute approximate surface area is 133 Å². The molecule has 0 unspecified atom stereocenters. The Balaban J connectivity index is 2.07. The van der Waals surface area contributed by atoms with Crippen molar-refractivity contribution in [2.75, 3.05) is 0 Å². The molecule has 0 aliphatic carbocycles. The Morgan fingerprint density at radius 1 is 1.24 bits per heavy atom. The summed E-state index contributed by atoms with van der Waals surface area (Å²) in [6.07, 6.45) is 1.42. The molecule has 106 valence electrons. The van der Waals surface area contributed by atoms with Gasteiger partial charge in [0, 0.05) is 15.1 Å². The molecule has 0 saturated heterocycles. The predicted octanol–water partition coefficient (Wildman–Crippen LogP) is 4.00. The molecular weight excluding hydrogens is 359 g/mol. The molecule has 0 N–H and O–H groups in total. The molecule has 0 aliphatic heterocycles. The van der Waals surface area contributed by atoms with E-state index in [9.17, 15) is 9.18 Å². The summed E-state index contributed by atoms with van der Waals surface area (Å²) in [6.45, 7) is 0.112. The maximum Gasteiger partial charge on any atom is 0.261 e. The van der Waals surface area contributed by atoms with Gasteiger partial charge in [0.1, 0.15) is 5.82 Å². The standard InChI is InChI=1S/C15H9BrClFN2O/c16-10-2-4-12-14(5-10)19-8-20(15(12)21)7-9-1-3-11(17)6-13(9)18/h1-6,8H,7H2. The average Bonchev–Trinajstić information content (AvgIpc) is 2.44. The number of nitrogens with zero attached hydrogens (tertiary/aromatic N) is 2. The fourth-order valence-corrected chi connectivity index (χ4v) is 2.59. The molecule has 3 rings (SSSR count). The van der Waals surface area contributed by atoms with Gasteiger partial charge < -0.3 is 0 Å². The Kier molecular flexibility index (Phi) is 3.78. The quantitative estimate of drug-likeness (QED) is 0.686. The van der Waals surface area contributed by atoms with Gasteiger partial charge in [-0.25, -0.2) is 9.37 Å². The van der Waals surface area contributed by atoms with Gasteiger partial charge in [0.15, 0.2) is 0 Å². The first-order valence-corrected chi connectivity index (χ1v) is 7.30. The van der Waals surface area contributed by atoms with Crippen LogP contribution in [0.1, 0.15) is 5.56 Å². The summed E-state index contributed by atoms with van der Waals surface area (Å²) in [5.74, 6) is -0.440. The minimum absolute atomic E-state index is 0.112. The summed E-state index contributed by atoms with van der Waals surface area (Å²) in [4.78, 5) is 16.6. The van der Waals surface area contributed by atoms with Crippen LogP contribution < -0.4 is 5.56 Å². The van der Waals surface area contributed by atoms with Crippen LogP contribution in [0.15, 0.2) is 52.0 Å². The maximum absolute atomic E-state index is 13.8. The summed E-state index contributed by atoms with van der Waals surface area (Å²) in [7, 11) is 0. The number of benzene rings is 2. The van der Waals surface area contributed by atoms with Crippen molar-refractivity contribution in [1.29, 1.82) is 0 Å². The lowest BCUT2D eigenvalue weighted by Crippen LogP contribution is -2.21. The van der Waals surface area contributed by atoms with Crippen LogP contribution in [0.25, 0.3) is 10.9 Å². The van der Waals surface area contributed by atoms with Crippen LogP contribution in [0.3, 0.4) is 0 Å². The van der Waals surface area contributed by atoms with Gasteiger partial charge in [-0.2, -0.15) is 0 Å². The van der Waals surface area contributed by atoms with Gasteiger partial charge in [-0.1, -0.05) is 33.6 Å². The van der Waals surface area contributed by atoms with E-state index in [1.165, 1.54) is 17.0 Å². The highest BCUT2D eigenvalue weighted by Gasteiger charge is 2.08. The summed E-state index contributed by atoms with van der Waals surface area (Å²) in [5.41, 5.74) is 0.781. The molecule has 0 radical (unpaired) electrons. The Hall–Kier alpha value is -1.72. The van der Waals surface area contributed by atoms with Crippen LogP contribution in [0.2, 0.25) is 5.02 Å². The summed E-state index contributed by atoms with van der Waals surface area (Å²) in [6, 6.07) is 9.63. The zero-order chi connectivity index (χ0) is 15.0. The minimum Gasteiger partial charge on any atom is -0.294 e. The van der Waals surface area contributed by atoms with Gasteiger partial charge in [-0.3, -0.25) is 9.36 Å². The van der Waals surface area contributed by atoms with E-state index >= 15 is 0 Å². The van der Waals surface area contributed by atoms with Gasteiger partial charge in [-0.15, -0.1) is 0 Å². The van der Waals surface area contributed by atoms with E-state index in [0.29, 0.717) is 21.5 Å². The number of rotatable bonds is 2. The molecule has 1 heterocycles. The minimum atomic E-state index is -0.440. The Morgan fingerprint density at radius 3 is 2.81 bits per heavy atom. The van der Waals surface area contributed by atoms with Crippen molar-refractivity contribution in [3.05, 3.63) is 74.0 Å². The first-order valence-electron chi connectivity index (χ1n) is 6.13. The third-order valence-corrected chi connectivity index (χ3v) is 3.87. The number of aromatic nitrogens is 2. The highest BCUT2D eigenvalue weighted by molar-refractivity contribution is 9.10. The monoisotopic (exact) mass is 366 g/mol. The number of fused-ring (bicyclic) bond motifs is 1. The molecule has 1 aromatic heterocycles. The lowest BCUT2D eigenvalue weighted by Gasteiger charge is -2.08. The van der Waals surface area contributed by atoms with Gasteiger partial charge >= 0.3 is 0 Å². The smallest absolute Gasteiger partial charge is 0.261 e. The second kappa shape index (κ2) is 5.58. The van der Waals surface area contributed by atoms with Crippen molar-refractivity contribution < 1.29 is 4.39 Å². The SMILES string of the molecule is O=c1c2ccc(Br)cc2ncn1Cc1ccc(Cl)cc1F. The predicted molar refractivity (Wildman–Crippen MR) is 84.2 cm³/mol. The van der Waals surface area contributed by atoms with Crippen molar-refractivity contribution in [2.45, 2.75) is 6.54 Å². The van der Waals surface area contributed by atoms with Crippen LogP contribution in [-0.4, -0.2) is 9.55 Å². The van der Waals surface area contributed by atoms with Gasteiger partial charge in [0.2, 0.25) is 0 Å². The van der Waals surface area contributed by atoms with Crippen molar-refractivity contribution in [3.8, 4) is 0 Å². The lowest BCUT2D eigenvalue weighted by atomic mass is 10.2. The van der Waals surface area contributed by atoms with Crippen molar-refractivity contribution in [3.63, 3.8) is 0 Å². The van der Waals surface area contributed by atoms with Crippen LogP contribution in [-0.2, 0) is 6.54 Å².